The predicted molar refractivity (Wildman–Crippen MR) is 83.3 cm³/mol. The van der Waals surface area contributed by atoms with Gasteiger partial charge in [0.1, 0.15) is 5.75 Å². The minimum Gasteiger partial charge on any atom is -0.508 e. The number of halogens is 1. The molecule has 2 aromatic carbocycles. The van der Waals surface area contributed by atoms with Gasteiger partial charge >= 0.3 is 5.97 Å². The average Bonchev–Trinajstić information content (AvgIpc) is 2.47. The number of aliphatic carboxylic acids is 1. The number of hydrogen-bond acceptors (Lipinski definition) is 4. The molecule has 0 radical (unpaired) electrons. The van der Waals surface area contributed by atoms with Crippen LogP contribution in [-0.4, -0.2) is 28.4 Å². The van der Waals surface area contributed by atoms with E-state index >= 15 is 0 Å². The van der Waals surface area contributed by atoms with Crippen molar-refractivity contribution in [3.05, 3.63) is 52.5 Å². The lowest BCUT2D eigenvalue weighted by Crippen LogP contribution is -1.99. The average molecular weight is 321 g/mol. The molecule has 0 bridgehead atoms. The fraction of sp³-hybridized carbons (Fsp3) is 0.0625. The summed E-state index contributed by atoms with van der Waals surface area (Å²) in [5.74, 6) is -1.34. The van der Waals surface area contributed by atoms with Gasteiger partial charge in [-0.2, -0.15) is 0 Å². The Kier molecular flexibility index (Phi) is 4.58. The first-order valence-electron chi connectivity index (χ1n) is 6.23. The molecule has 2 rings (SSSR count). The summed E-state index contributed by atoms with van der Waals surface area (Å²) >= 11 is 5.93. The van der Waals surface area contributed by atoms with E-state index in [1.807, 2.05) is 0 Å². The Labute approximate surface area is 131 Å². The first-order chi connectivity index (χ1) is 10.4. The van der Waals surface area contributed by atoms with Crippen molar-refractivity contribution in [3.63, 3.8) is 0 Å². The standard InChI is InChI=1S/C16H13ClO5/c1-22-14-8-11(17)5-10(15(14)19)7-13(16(20)21)9-3-2-4-12(18)6-9/h2-8,18-19H,1H3,(H,20,21)/b13-7-. The molecule has 0 saturated carbocycles. The summed E-state index contributed by atoms with van der Waals surface area (Å²) in [4.78, 5) is 11.5. The van der Waals surface area contributed by atoms with Gasteiger partial charge in [0, 0.05) is 16.7 Å². The topological polar surface area (TPSA) is 87.0 Å². The van der Waals surface area contributed by atoms with Crippen LogP contribution in [0.15, 0.2) is 36.4 Å². The fourth-order valence-electron chi connectivity index (χ4n) is 1.96. The van der Waals surface area contributed by atoms with Gasteiger partial charge in [-0.3, -0.25) is 0 Å². The van der Waals surface area contributed by atoms with Crippen molar-refractivity contribution in [2.45, 2.75) is 0 Å². The van der Waals surface area contributed by atoms with Crippen LogP contribution in [0, 0.1) is 0 Å². The second kappa shape index (κ2) is 6.41. The molecule has 2 aromatic rings. The van der Waals surface area contributed by atoms with Crippen molar-refractivity contribution in [1.82, 2.24) is 0 Å². The lowest BCUT2D eigenvalue weighted by atomic mass is 10.0. The molecule has 0 heterocycles. The Morgan fingerprint density at radius 2 is 1.95 bits per heavy atom. The number of phenols is 2. The van der Waals surface area contributed by atoms with Crippen LogP contribution < -0.4 is 4.74 Å². The molecule has 0 saturated heterocycles. The largest absolute Gasteiger partial charge is 0.508 e. The van der Waals surface area contributed by atoms with Crippen molar-refractivity contribution in [2.75, 3.05) is 7.11 Å². The summed E-state index contributed by atoms with van der Waals surface area (Å²) in [6.45, 7) is 0. The highest BCUT2D eigenvalue weighted by atomic mass is 35.5. The first kappa shape index (κ1) is 15.7. The third-order valence-electron chi connectivity index (χ3n) is 2.98. The van der Waals surface area contributed by atoms with Crippen LogP contribution in [0.1, 0.15) is 11.1 Å². The number of carbonyl (C=O) groups is 1. The van der Waals surface area contributed by atoms with Gasteiger partial charge in [0.15, 0.2) is 11.5 Å². The van der Waals surface area contributed by atoms with E-state index < -0.39 is 5.97 Å². The molecule has 0 amide bonds. The zero-order chi connectivity index (χ0) is 16.3. The van der Waals surface area contributed by atoms with Crippen molar-refractivity contribution in [1.29, 1.82) is 0 Å². The highest BCUT2D eigenvalue weighted by Gasteiger charge is 2.15. The smallest absolute Gasteiger partial charge is 0.336 e. The molecule has 0 fully saturated rings. The molecule has 3 N–H and O–H groups in total. The maximum atomic E-state index is 11.5. The van der Waals surface area contributed by atoms with Crippen LogP contribution in [0.25, 0.3) is 11.6 Å². The van der Waals surface area contributed by atoms with Gasteiger partial charge in [0.05, 0.1) is 12.7 Å². The molecule has 6 heteroatoms. The number of aromatic hydroxyl groups is 2. The van der Waals surface area contributed by atoms with Gasteiger partial charge in [-0.1, -0.05) is 23.7 Å². The number of carboxylic acids is 1. The summed E-state index contributed by atoms with van der Waals surface area (Å²) in [6, 6.07) is 8.66. The van der Waals surface area contributed by atoms with Gasteiger partial charge in [0.2, 0.25) is 0 Å². The third kappa shape index (κ3) is 3.32. The van der Waals surface area contributed by atoms with E-state index in [2.05, 4.69) is 0 Å². The second-order valence-corrected chi connectivity index (χ2v) is 4.90. The van der Waals surface area contributed by atoms with E-state index in [1.165, 1.54) is 43.5 Å². The van der Waals surface area contributed by atoms with Gasteiger partial charge in [-0.05, 0) is 29.8 Å². The molecule has 0 spiro atoms. The van der Waals surface area contributed by atoms with Crippen LogP contribution in [0.2, 0.25) is 5.02 Å². The Morgan fingerprint density at radius 3 is 2.55 bits per heavy atom. The molecule has 0 unspecified atom stereocenters. The molecule has 22 heavy (non-hydrogen) atoms. The minimum atomic E-state index is -1.20. The van der Waals surface area contributed by atoms with E-state index in [0.29, 0.717) is 10.6 Å². The van der Waals surface area contributed by atoms with Crippen LogP contribution >= 0.6 is 11.6 Å². The highest BCUT2D eigenvalue weighted by molar-refractivity contribution is 6.31. The van der Waals surface area contributed by atoms with Crippen molar-refractivity contribution in [3.8, 4) is 17.2 Å². The minimum absolute atomic E-state index is 0.0578. The number of ether oxygens (including phenoxy) is 1. The number of hydrogen-bond donors (Lipinski definition) is 3. The molecular formula is C16H13ClO5. The summed E-state index contributed by atoms with van der Waals surface area (Å²) < 4.78 is 4.98. The SMILES string of the molecule is COc1cc(Cl)cc(/C=C(\C(=O)O)c2cccc(O)c2)c1O. The second-order valence-electron chi connectivity index (χ2n) is 4.46. The van der Waals surface area contributed by atoms with Crippen LogP contribution in [0.5, 0.6) is 17.2 Å². The maximum absolute atomic E-state index is 11.5. The van der Waals surface area contributed by atoms with Crippen molar-refractivity contribution < 1.29 is 24.9 Å². The van der Waals surface area contributed by atoms with Crippen molar-refractivity contribution in [2.24, 2.45) is 0 Å². The molecule has 0 aliphatic heterocycles. The number of carboxylic acid groups (broad SMARTS) is 1. The molecule has 0 aromatic heterocycles. The number of phenolic OH excluding ortho intramolecular Hbond substituents is 2. The molecule has 0 aliphatic carbocycles. The van der Waals surface area contributed by atoms with Gasteiger partial charge in [0.25, 0.3) is 0 Å². The summed E-state index contributed by atoms with van der Waals surface area (Å²) in [5, 5.41) is 29.2. The zero-order valence-corrected chi connectivity index (χ0v) is 12.3. The molecular weight excluding hydrogens is 308 g/mol. The Morgan fingerprint density at radius 1 is 1.23 bits per heavy atom. The van der Waals surface area contributed by atoms with Gasteiger partial charge in [-0.25, -0.2) is 4.79 Å². The van der Waals surface area contributed by atoms with E-state index in [-0.39, 0.29) is 28.4 Å². The zero-order valence-electron chi connectivity index (χ0n) is 11.6. The summed E-state index contributed by atoms with van der Waals surface area (Å²) in [6.07, 6.45) is 1.26. The van der Waals surface area contributed by atoms with Crippen molar-refractivity contribution >= 4 is 29.2 Å². The third-order valence-corrected chi connectivity index (χ3v) is 3.19. The fourth-order valence-corrected chi connectivity index (χ4v) is 2.17. The monoisotopic (exact) mass is 320 g/mol. The Balaban J connectivity index is 2.61. The molecule has 0 aliphatic rings. The summed E-state index contributed by atoms with van der Waals surface area (Å²) in [5.41, 5.74) is 0.395. The summed E-state index contributed by atoms with van der Waals surface area (Å²) in [7, 11) is 1.37. The highest BCUT2D eigenvalue weighted by Crippen LogP contribution is 2.36. The molecule has 114 valence electrons. The van der Waals surface area contributed by atoms with E-state index in [1.54, 1.807) is 6.07 Å². The van der Waals surface area contributed by atoms with Gasteiger partial charge < -0.3 is 20.1 Å². The predicted octanol–water partition coefficient (Wildman–Crippen LogP) is 3.39. The molecule has 5 nitrogen and oxygen atoms in total. The van der Waals surface area contributed by atoms with Crippen LogP contribution in [-0.2, 0) is 4.79 Å². The van der Waals surface area contributed by atoms with E-state index in [4.69, 9.17) is 16.3 Å². The lowest BCUT2D eigenvalue weighted by Gasteiger charge is -2.09. The maximum Gasteiger partial charge on any atom is 0.336 e. The van der Waals surface area contributed by atoms with E-state index in [9.17, 15) is 20.1 Å². The van der Waals surface area contributed by atoms with Crippen LogP contribution in [0.4, 0.5) is 0 Å². The Hall–Kier alpha value is -2.66. The molecule has 0 atom stereocenters. The Bertz CT molecular complexity index is 752. The number of benzene rings is 2. The van der Waals surface area contributed by atoms with E-state index in [0.717, 1.165) is 0 Å². The lowest BCUT2D eigenvalue weighted by molar-refractivity contribution is -0.130. The number of methoxy groups -OCH3 is 1. The normalized spacial score (nSPS) is 11.3. The van der Waals surface area contributed by atoms with Gasteiger partial charge in [-0.15, -0.1) is 0 Å². The van der Waals surface area contributed by atoms with Crippen LogP contribution in [0.3, 0.4) is 0 Å². The number of rotatable bonds is 4. The quantitative estimate of drug-likeness (QED) is 0.594. The first-order valence-corrected chi connectivity index (χ1v) is 6.61.